The molecule has 26 heavy (non-hydrogen) atoms. The molecular weight excluding hydrogens is 337 g/mol. The molecule has 136 valence electrons. The minimum atomic E-state index is -0.240. The highest BCUT2D eigenvalue weighted by molar-refractivity contribution is 5.74. The summed E-state index contributed by atoms with van der Waals surface area (Å²) in [7, 11) is 0. The first-order valence-corrected chi connectivity index (χ1v) is 8.61. The van der Waals surface area contributed by atoms with Crippen molar-refractivity contribution in [3.63, 3.8) is 0 Å². The quantitative estimate of drug-likeness (QED) is 0.917. The Balaban J connectivity index is 1.27. The van der Waals surface area contributed by atoms with E-state index in [1.54, 1.807) is 17.0 Å². The van der Waals surface area contributed by atoms with Crippen LogP contribution in [0, 0.1) is 5.82 Å². The summed E-state index contributed by atoms with van der Waals surface area (Å²) in [5.74, 6) is 1.21. The highest BCUT2D eigenvalue weighted by atomic mass is 19.1. The van der Waals surface area contributed by atoms with Gasteiger partial charge >= 0.3 is 6.03 Å². The molecule has 0 aliphatic carbocycles. The number of nitrogens with one attached hydrogen (secondary N) is 1. The maximum Gasteiger partial charge on any atom is 0.317 e. The van der Waals surface area contributed by atoms with E-state index in [0.29, 0.717) is 25.4 Å². The number of benzene rings is 2. The summed E-state index contributed by atoms with van der Waals surface area (Å²) in [5, 5.41) is 2.94. The van der Waals surface area contributed by atoms with E-state index in [-0.39, 0.29) is 18.6 Å². The maximum atomic E-state index is 13.0. The van der Waals surface area contributed by atoms with E-state index in [0.717, 1.165) is 30.1 Å². The highest BCUT2D eigenvalue weighted by Gasteiger charge is 2.21. The number of carbonyl (C=O) groups excluding carboxylic acids is 1. The van der Waals surface area contributed by atoms with Crippen LogP contribution in [-0.4, -0.2) is 43.9 Å². The van der Waals surface area contributed by atoms with Crippen LogP contribution in [0.3, 0.4) is 0 Å². The number of anilines is 1. The fourth-order valence-corrected chi connectivity index (χ4v) is 3.16. The Morgan fingerprint density at radius 3 is 2.50 bits per heavy atom. The standard InChI is InChI=1S/C19H20FN3O3/c20-15-2-4-16(5-3-15)22-7-9-23(10-8-22)19(24)21-12-14-1-6-17-18(11-14)26-13-25-17/h1-6,11H,7-10,12-13H2,(H,21,24). The van der Waals surface area contributed by atoms with Crippen molar-refractivity contribution < 1.29 is 18.7 Å². The summed E-state index contributed by atoms with van der Waals surface area (Å²) in [4.78, 5) is 16.3. The zero-order chi connectivity index (χ0) is 17.9. The Kier molecular flexibility index (Phi) is 4.51. The highest BCUT2D eigenvalue weighted by Crippen LogP contribution is 2.32. The fraction of sp³-hybridized carbons (Fsp3) is 0.316. The Morgan fingerprint density at radius 1 is 1.00 bits per heavy atom. The average Bonchev–Trinajstić information content (AvgIpc) is 3.15. The lowest BCUT2D eigenvalue weighted by molar-refractivity contribution is 0.174. The molecule has 2 aliphatic rings. The van der Waals surface area contributed by atoms with Crippen molar-refractivity contribution in [1.29, 1.82) is 0 Å². The van der Waals surface area contributed by atoms with Crippen LogP contribution in [0.25, 0.3) is 0 Å². The molecule has 0 unspecified atom stereocenters. The monoisotopic (exact) mass is 357 g/mol. The second-order valence-electron chi connectivity index (χ2n) is 6.30. The van der Waals surface area contributed by atoms with Crippen molar-refractivity contribution in [2.45, 2.75) is 6.54 Å². The van der Waals surface area contributed by atoms with Crippen LogP contribution >= 0.6 is 0 Å². The Labute approximate surface area is 151 Å². The minimum absolute atomic E-state index is 0.0820. The molecule has 2 aromatic rings. The molecule has 0 aromatic heterocycles. The lowest BCUT2D eigenvalue weighted by atomic mass is 10.2. The van der Waals surface area contributed by atoms with Gasteiger partial charge in [0.05, 0.1) is 0 Å². The number of urea groups is 1. The number of hydrogen-bond acceptors (Lipinski definition) is 4. The normalized spacial score (nSPS) is 15.9. The van der Waals surface area contributed by atoms with E-state index in [2.05, 4.69) is 10.2 Å². The van der Waals surface area contributed by atoms with Gasteiger partial charge in [-0.1, -0.05) is 6.07 Å². The Hall–Kier alpha value is -2.96. The van der Waals surface area contributed by atoms with Crippen LogP contribution in [-0.2, 0) is 6.54 Å². The number of rotatable bonds is 3. The minimum Gasteiger partial charge on any atom is -0.454 e. The van der Waals surface area contributed by atoms with Gasteiger partial charge in [-0.2, -0.15) is 0 Å². The second kappa shape index (κ2) is 7.11. The predicted molar refractivity (Wildman–Crippen MR) is 95.0 cm³/mol. The second-order valence-corrected chi connectivity index (χ2v) is 6.30. The van der Waals surface area contributed by atoms with E-state index >= 15 is 0 Å². The molecule has 1 N–H and O–H groups in total. The molecule has 0 radical (unpaired) electrons. The fourth-order valence-electron chi connectivity index (χ4n) is 3.16. The SMILES string of the molecule is O=C(NCc1ccc2c(c1)OCO2)N1CCN(c2ccc(F)cc2)CC1. The molecule has 1 fully saturated rings. The van der Waals surface area contributed by atoms with Crippen molar-refractivity contribution in [3.8, 4) is 11.5 Å². The Morgan fingerprint density at radius 2 is 1.73 bits per heavy atom. The third-order valence-electron chi connectivity index (χ3n) is 4.64. The average molecular weight is 357 g/mol. The number of halogens is 1. The van der Waals surface area contributed by atoms with Crippen LogP contribution in [0.2, 0.25) is 0 Å². The van der Waals surface area contributed by atoms with Gasteiger partial charge in [0.1, 0.15) is 5.82 Å². The molecule has 2 amide bonds. The van der Waals surface area contributed by atoms with Crippen LogP contribution in [0.5, 0.6) is 11.5 Å². The zero-order valence-corrected chi connectivity index (χ0v) is 14.3. The van der Waals surface area contributed by atoms with Crippen molar-refractivity contribution in [3.05, 3.63) is 53.8 Å². The lowest BCUT2D eigenvalue weighted by Gasteiger charge is -2.36. The third kappa shape index (κ3) is 3.51. The van der Waals surface area contributed by atoms with Gasteiger partial charge in [-0.25, -0.2) is 9.18 Å². The number of nitrogens with zero attached hydrogens (tertiary/aromatic N) is 2. The summed E-state index contributed by atoms with van der Waals surface area (Å²) >= 11 is 0. The van der Waals surface area contributed by atoms with Gasteiger partial charge in [0.25, 0.3) is 0 Å². The lowest BCUT2D eigenvalue weighted by Crippen LogP contribution is -2.51. The summed E-state index contributed by atoms with van der Waals surface area (Å²) in [5.41, 5.74) is 1.94. The molecule has 2 heterocycles. The molecule has 2 aromatic carbocycles. The van der Waals surface area contributed by atoms with Gasteiger partial charge in [0, 0.05) is 38.4 Å². The van der Waals surface area contributed by atoms with Gasteiger partial charge in [-0.3, -0.25) is 0 Å². The molecule has 2 aliphatic heterocycles. The van der Waals surface area contributed by atoms with Crippen LogP contribution in [0.1, 0.15) is 5.56 Å². The molecular formula is C19H20FN3O3. The smallest absolute Gasteiger partial charge is 0.317 e. The maximum absolute atomic E-state index is 13.0. The van der Waals surface area contributed by atoms with Gasteiger partial charge in [0.2, 0.25) is 6.79 Å². The van der Waals surface area contributed by atoms with Gasteiger partial charge < -0.3 is 24.6 Å². The van der Waals surface area contributed by atoms with Gasteiger partial charge in [-0.15, -0.1) is 0 Å². The molecule has 4 rings (SSSR count). The van der Waals surface area contributed by atoms with Crippen molar-refractivity contribution in [1.82, 2.24) is 10.2 Å². The van der Waals surface area contributed by atoms with E-state index in [4.69, 9.17) is 9.47 Å². The number of carbonyl (C=O) groups is 1. The summed E-state index contributed by atoms with van der Waals surface area (Å²) < 4.78 is 23.7. The van der Waals surface area contributed by atoms with Crippen LogP contribution < -0.4 is 19.7 Å². The molecule has 1 saturated heterocycles. The summed E-state index contributed by atoms with van der Waals surface area (Å²) in [6, 6.07) is 12.0. The van der Waals surface area contributed by atoms with E-state index in [9.17, 15) is 9.18 Å². The van der Waals surface area contributed by atoms with E-state index < -0.39 is 0 Å². The van der Waals surface area contributed by atoms with Crippen LogP contribution in [0.15, 0.2) is 42.5 Å². The number of amides is 2. The van der Waals surface area contributed by atoms with E-state index in [1.165, 1.54) is 12.1 Å². The van der Waals surface area contributed by atoms with Crippen molar-refractivity contribution >= 4 is 11.7 Å². The number of piperazine rings is 1. The first-order chi connectivity index (χ1) is 12.7. The summed E-state index contributed by atoms with van der Waals surface area (Å²) in [6.45, 7) is 3.39. The van der Waals surface area contributed by atoms with Gasteiger partial charge in [0.15, 0.2) is 11.5 Å². The predicted octanol–water partition coefficient (Wildman–Crippen LogP) is 2.59. The van der Waals surface area contributed by atoms with Crippen molar-refractivity contribution in [2.75, 3.05) is 37.9 Å². The number of fused-ring (bicyclic) bond motifs is 1. The molecule has 6 nitrogen and oxygen atoms in total. The molecule has 0 bridgehead atoms. The van der Waals surface area contributed by atoms with Crippen LogP contribution in [0.4, 0.5) is 14.9 Å². The number of hydrogen-bond donors (Lipinski definition) is 1. The molecule has 7 heteroatoms. The first-order valence-electron chi connectivity index (χ1n) is 8.61. The van der Waals surface area contributed by atoms with Crippen molar-refractivity contribution in [2.24, 2.45) is 0 Å². The third-order valence-corrected chi connectivity index (χ3v) is 4.64. The number of ether oxygens (including phenoxy) is 2. The largest absolute Gasteiger partial charge is 0.454 e. The molecule has 0 saturated carbocycles. The van der Waals surface area contributed by atoms with E-state index in [1.807, 2.05) is 18.2 Å². The summed E-state index contributed by atoms with van der Waals surface area (Å²) in [6.07, 6.45) is 0. The molecule has 0 atom stereocenters. The Bertz CT molecular complexity index is 789. The topological polar surface area (TPSA) is 54.0 Å². The first kappa shape index (κ1) is 16.5. The zero-order valence-electron chi connectivity index (χ0n) is 14.3. The van der Waals surface area contributed by atoms with Gasteiger partial charge in [-0.05, 0) is 42.0 Å². The molecule has 0 spiro atoms.